The number of aromatic nitrogens is 2. The Balaban J connectivity index is 2.06. The number of anilines is 1. The van der Waals surface area contributed by atoms with E-state index >= 15 is 0 Å². The van der Waals surface area contributed by atoms with E-state index < -0.39 is 0 Å². The molecule has 1 fully saturated rings. The highest BCUT2D eigenvalue weighted by Crippen LogP contribution is 2.41. The SMILES string of the molecule is COC1(Cc2nn(C)c(N)c2-c2ccccc2F)CCC1. The fraction of sp³-hybridized carbons (Fsp3) is 0.438. The number of aryl methyl sites for hydroxylation is 1. The van der Waals surface area contributed by atoms with Crippen LogP contribution in [0.15, 0.2) is 24.3 Å². The summed E-state index contributed by atoms with van der Waals surface area (Å²) in [5, 5.41) is 4.49. The zero-order valence-corrected chi connectivity index (χ0v) is 12.4. The van der Waals surface area contributed by atoms with Gasteiger partial charge in [-0.15, -0.1) is 0 Å². The molecule has 0 atom stereocenters. The van der Waals surface area contributed by atoms with Crippen LogP contribution in [0.3, 0.4) is 0 Å². The molecule has 1 aromatic carbocycles. The van der Waals surface area contributed by atoms with Gasteiger partial charge in [0.05, 0.1) is 11.3 Å². The molecule has 4 nitrogen and oxygen atoms in total. The molecule has 112 valence electrons. The monoisotopic (exact) mass is 289 g/mol. The summed E-state index contributed by atoms with van der Waals surface area (Å²) in [6.07, 6.45) is 3.84. The van der Waals surface area contributed by atoms with Crippen molar-refractivity contribution in [2.75, 3.05) is 12.8 Å². The van der Waals surface area contributed by atoms with E-state index in [0.717, 1.165) is 25.0 Å². The maximum absolute atomic E-state index is 14.1. The minimum atomic E-state index is -0.279. The second-order valence-electron chi connectivity index (χ2n) is 5.73. The first-order valence-corrected chi connectivity index (χ1v) is 7.18. The third-order valence-electron chi connectivity index (χ3n) is 4.49. The van der Waals surface area contributed by atoms with Crippen LogP contribution >= 0.6 is 0 Å². The van der Waals surface area contributed by atoms with E-state index in [1.165, 1.54) is 6.07 Å². The summed E-state index contributed by atoms with van der Waals surface area (Å²) in [4.78, 5) is 0. The quantitative estimate of drug-likeness (QED) is 0.941. The first-order valence-electron chi connectivity index (χ1n) is 7.18. The Morgan fingerprint density at radius 1 is 1.38 bits per heavy atom. The number of hydrogen-bond donors (Lipinski definition) is 1. The van der Waals surface area contributed by atoms with Crippen LogP contribution in [-0.4, -0.2) is 22.5 Å². The third kappa shape index (κ3) is 2.31. The summed E-state index contributed by atoms with van der Waals surface area (Å²) in [5.41, 5.74) is 7.96. The van der Waals surface area contributed by atoms with Crippen molar-refractivity contribution in [3.8, 4) is 11.1 Å². The topological polar surface area (TPSA) is 53.1 Å². The second kappa shape index (κ2) is 5.15. The molecular formula is C16H20FN3O. The first kappa shape index (κ1) is 14.1. The van der Waals surface area contributed by atoms with Crippen molar-refractivity contribution in [3.63, 3.8) is 0 Å². The van der Waals surface area contributed by atoms with E-state index in [9.17, 15) is 4.39 Å². The smallest absolute Gasteiger partial charge is 0.131 e. The minimum absolute atomic E-state index is 0.166. The van der Waals surface area contributed by atoms with Crippen LogP contribution in [0.4, 0.5) is 10.2 Å². The summed E-state index contributed by atoms with van der Waals surface area (Å²) in [6.45, 7) is 0. The van der Waals surface area contributed by atoms with E-state index in [1.54, 1.807) is 31.0 Å². The van der Waals surface area contributed by atoms with E-state index in [4.69, 9.17) is 10.5 Å². The maximum Gasteiger partial charge on any atom is 0.131 e. The molecule has 5 heteroatoms. The van der Waals surface area contributed by atoms with Gasteiger partial charge in [0.2, 0.25) is 0 Å². The lowest BCUT2D eigenvalue weighted by Gasteiger charge is -2.40. The molecule has 2 aromatic rings. The Morgan fingerprint density at radius 3 is 2.67 bits per heavy atom. The lowest BCUT2D eigenvalue weighted by molar-refractivity contribution is -0.0714. The predicted octanol–water partition coefficient (Wildman–Crippen LogP) is 2.92. The summed E-state index contributed by atoms with van der Waals surface area (Å²) in [5.74, 6) is 0.208. The molecule has 1 aliphatic rings. The highest BCUT2D eigenvalue weighted by molar-refractivity contribution is 5.77. The first-order chi connectivity index (χ1) is 10.1. The maximum atomic E-state index is 14.1. The van der Waals surface area contributed by atoms with E-state index in [2.05, 4.69) is 5.10 Å². The van der Waals surface area contributed by atoms with Crippen LogP contribution in [-0.2, 0) is 18.2 Å². The molecule has 0 unspecified atom stereocenters. The van der Waals surface area contributed by atoms with Gasteiger partial charge >= 0.3 is 0 Å². The number of methoxy groups -OCH3 is 1. The zero-order valence-electron chi connectivity index (χ0n) is 12.4. The average Bonchev–Trinajstić information content (AvgIpc) is 2.70. The van der Waals surface area contributed by atoms with E-state index in [1.807, 2.05) is 6.07 Å². The fourth-order valence-electron chi connectivity index (χ4n) is 3.01. The number of nitrogen functional groups attached to an aromatic ring is 1. The van der Waals surface area contributed by atoms with Crippen molar-refractivity contribution >= 4 is 5.82 Å². The third-order valence-corrected chi connectivity index (χ3v) is 4.49. The molecular weight excluding hydrogens is 269 g/mol. The van der Waals surface area contributed by atoms with Crippen molar-refractivity contribution in [1.29, 1.82) is 0 Å². The number of halogens is 1. The van der Waals surface area contributed by atoms with Gasteiger partial charge in [0.15, 0.2) is 0 Å². The van der Waals surface area contributed by atoms with Crippen LogP contribution in [0.25, 0.3) is 11.1 Å². The highest BCUT2D eigenvalue weighted by Gasteiger charge is 2.39. The average molecular weight is 289 g/mol. The molecule has 1 aromatic heterocycles. The molecule has 0 aliphatic heterocycles. The molecule has 0 amide bonds. The highest BCUT2D eigenvalue weighted by atomic mass is 19.1. The Hall–Kier alpha value is -1.88. The number of ether oxygens (including phenoxy) is 1. The summed E-state index contributed by atoms with van der Waals surface area (Å²) in [6, 6.07) is 6.67. The molecule has 0 spiro atoms. The van der Waals surface area contributed by atoms with Crippen LogP contribution in [0.1, 0.15) is 25.0 Å². The molecule has 0 bridgehead atoms. The standard InChI is InChI=1S/C16H20FN3O/c1-20-15(18)14(11-6-3-4-7-12(11)17)13(19-20)10-16(21-2)8-5-9-16/h3-4,6-7H,5,8-10,18H2,1-2H3. The Labute approximate surface area is 123 Å². The zero-order chi connectivity index (χ0) is 15.0. The van der Waals surface area contributed by atoms with Gasteiger partial charge in [0, 0.05) is 31.7 Å². The van der Waals surface area contributed by atoms with E-state index in [-0.39, 0.29) is 11.4 Å². The second-order valence-corrected chi connectivity index (χ2v) is 5.73. The van der Waals surface area contributed by atoms with Gasteiger partial charge in [0.1, 0.15) is 11.6 Å². The molecule has 1 saturated carbocycles. The van der Waals surface area contributed by atoms with Crippen molar-refractivity contribution in [3.05, 3.63) is 35.8 Å². The molecule has 1 heterocycles. The van der Waals surface area contributed by atoms with Crippen molar-refractivity contribution in [2.45, 2.75) is 31.3 Å². The molecule has 21 heavy (non-hydrogen) atoms. The van der Waals surface area contributed by atoms with Gasteiger partial charge < -0.3 is 10.5 Å². The van der Waals surface area contributed by atoms with Crippen LogP contribution in [0, 0.1) is 5.82 Å². The normalized spacial score (nSPS) is 16.7. The van der Waals surface area contributed by atoms with Crippen molar-refractivity contribution in [2.24, 2.45) is 7.05 Å². The summed E-state index contributed by atoms with van der Waals surface area (Å²) < 4.78 is 21.4. The molecule has 0 saturated heterocycles. The van der Waals surface area contributed by atoms with Gasteiger partial charge in [-0.1, -0.05) is 18.2 Å². The number of nitrogens with zero attached hydrogens (tertiary/aromatic N) is 2. The molecule has 2 N–H and O–H groups in total. The molecule has 0 radical (unpaired) electrons. The lowest BCUT2D eigenvalue weighted by Crippen LogP contribution is -2.41. The predicted molar refractivity (Wildman–Crippen MR) is 80.3 cm³/mol. The largest absolute Gasteiger partial charge is 0.383 e. The number of nitrogens with two attached hydrogens (primary N) is 1. The number of rotatable bonds is 4. The number of hydrogen-bond acceptors (Lipinski definition) is 3. The molecule has 1 aliphatic carbocycles. The van der Waals surface area contributed by atoms with Gasteiger partial charge in [-0.05, 0) is 25.3 Å². The molecule has 3 rings (SSSR count). The van der Waals surface area contributed by atoms with Crippen LogP contribution in [0.2, 0.25) is 0 Å². The van der Waals surface area contributed by atoms with Crippen LogP contribution in [0.5, 0.6) is 0 Å². The van der Waals surface area contributed by atoms with E-state index in [0.29, 0.717) is 23.4 Å². The summed E-state index contributed by atoms with van der Waals surface area (Å²) in [7, 11) is 3.51. The van der Waals surface area contributed by atoms with Crippen molar-refractivity contribution < 1.29 is 9.13 Å². The van der Waals surface area contributed by atoms with Crippen LogP contribution < -0.4 is 5.73 Å². The Bertz CT molecular complexity index is 656. The van der Waals surface area contributed by atoms with Gasteiger partial charge in [-0.3, -0.25) is 4.68 Å². The fourth-order valence-corrected chi connectivity index (χ4v) is 3.01. The summed E-state index contributed by atoms with van der Waals surface area (Å²) >= 11 is 0. The van der Waals surface area contributed by atoms with Gasteiger partial charge in [-0.2, -0.15) is 5.10 Å². The van der Waals surface area contributed by atoms with Crippen molar-refractivity contribution in [1.82, 2.24) is 9.78 Å². The van der Waals surface area contributed by atoms with Gasteiger partial charge in [-0.25, -0.2) is 4.39 Å². The number of benzene rings is 1. The van der Waals surface area contributed by atoms with Gasteiger partial charge in [0.25, 0.3) is 0 Å². The minimum Gasteiger partial charge on any atom is -0.383 e. The Kier molecular flexibility index (Phi) is 3.45. The Morgan fingerprint density at radius 2 is 2.10 bits per heavy atom. The lowest BCUT2D eigenvalue weighted by atomic mass is 9.76.